The van der Waals surface area contributed by atoms with Crippen molar-refractivity contribution in [1.29, 1.82) is 0 Å². The van der Waals surface area contributed by atoms with Crippen molar-refractivity contribution in [2.24, 2.45) is 5.73 Å². The molecule has 0 saturated carbocycles. The summed E-state index contributed by atoms with van der Waals surface area (Å²) in [4.78, 5) is 26.5. The second-order valence-electron chi connectivity index (χ2n) is 6.83. The number of sulfonamides is 1. The Kier molecular flexibility index (Phi) is 6.21. The number of likely N-dealkylation sites (tertiary alicyclic amines) is 1. The lowest BCUT2D eigenvalue weighted by Crippen LogP contribution is -2.72. The Hall–Kier alpha value is -1.39. The number of nitrogens with two attached hydrogens (primary N) is 1. The van der Waals surface area contributed by atoms with Gasteiger partial charge in [-0.25, -0.2) is 8.42 Å². The summed E-state index contributed by atoms with van der Waals surface area (Å²) in [6.07, 6.45) is 1.39. The number of rotatable bonds is 6. The van der Waals surface area contributed by atoms with Crippen molar-refractivity contribution in [2.75, 3.05) is 20.3 Å². The standard InChI is InChI=1S/C17H21Cl2N3O5S/c1-27-6-5-21-15(16(20)23)13-3-2-4-14(17(21)24)22(13)28(25,26)12-8-10(18)7-11(19)9-12/h7-9,13-15H,2-6H2,1H3,(H2,20,23)/t13-,14?,15-/m0/s1. The molecule has 2 aliphatic heterocycles. The van der Waals surface area contributed by atoms with Crippen LogP contribution in [0, 0.1) is 0 Å². The van der Waals surface area contributed by atoms with Crippen LogP contribution in [0.4, 0.5) is 0 Å². The summed E-state index contributed by atoms with van der Waals surface area (Å²) in [5.74, 6) is -1.20. The molecule has 1 aromatic carbocycles. The monoisotopic (exact) mass is 449 g/mol. The minimum absolute atomic E-state index is 0.122. The third-order valence-corrected chi connectivity index (χ3v) is 7.47. The summed E-state index contributed by atoms with van der Waals surface area (Å²) in [5.41, 5.74) is 5.58. The van der Waals surface area contributed by atoms with Crippen LogP contribution in [0.3, 0.4) is 0 Å². The summed E-state index contributed by atoms with van der Waals surface area (Å²) in [7, 11) is -2.65. The van der Waals surface area contributed by atoms with Crippen molar-refractivity contribution in [3.63, 3.8) is 0 Å². The number of hydrogen-bond acceptors (Lipinski definition) is 5. The predicted octanol–water partition coefficient (Wildman–Crippen LogP) is 1.25. The van der Waals surface area contributed by atoms with E-state index in [1.54, 1.807) is 0 Å². The van der Waals surface area contributed by atoms with E-state index >= 15 is 0 Å². The van der Waals surface area contributed by atoms with E-state index in [1.807, 2.05) is 0 Å². The lowest BCUT2D eigenvalue weighted by Gasteiger charge is -2.51. The number of benzene rings is 1. The van der Waals surface area contributed by atoms with Crippen LogP contribution >= 0.6 is 23.2 Å². The van der Waals surface area contributed by atoms with E-state index in [9.17, 15) is 18.0 Å². The zero-order valence-electron chi connectivity index (χ0n) is 15.2. The Morgan fingerprint density at radius 2 is 1.89 bits per heavy atom. The molecule has 1 unspecified atom stereocenters. The van der Waals surface area contributed by atoms with Crippen LogP contribution in [0.2, 0.25) is 10.0 Å². The van der Waals surface area contributed by atoms with E-state index in [0.717, 1.165) is 4.31 Å². The number of amides is 2. The number of fused-ring (bicyclic) bond motifs is 2. The largest absolute Gasteiger partial charge is 0.383 e. The fourth-order valence-electron chi connectivity index (χ4n) is 4.00. The molecule has 2 saturated heterocycles. The van der Waals surface area contributed by atoms with Crippen LogP contribution in [0.1, 0.15) is 19.3 Å². The zero-order valence-corrected chi connectivity index (χ0v) is 17.5. The van der Waals surface area contributed by atoms with Gasteiger partial charge >= 0.3 is 0 Å². The number of nitrogens with zero attached hydrogens (tertiary/aromatic N) is 2. The van der Waals surface area contributed by atoms with Crippen LogP contribution in [0.15, 0.2) is 23.1 Å². The molecule has 2 bridgehead atoms. The van der Waals surface area contributed by atoms with E-state index in [4.69, 9.17) is 33.7 Å². The van der Waals surface area contributed by atoms with Crippen LogP contribution in [-0.2, 0) is 24.3 Å². The molecule has 2 amide bonds. The number of hydrogen-bond donors (Lipinski definition) is 1. The molecule has 11 heteroatoms. The van der Waals surface area contributed by atoms with Gasteiger partial charge in [-0.2, -0.15) is 4.31 Å². The smallest absolute Gasteiger partial charge is 0.244 e. The van der Waals surface area contributed by atoms with Crippen LogP contribution in [-0.4, -0.2) is 67.8 Å². The number of ether oxygens (including phenoxy) is 1. The van der Waals surface area contributed by atoms with E-state index in [-0.39, 0.29) is 28.1 Å². The second kappa shape index (κ2) is 8.16. The van der Waals surface area contributed by atoms with E-state index in [1.165, 1.54) is 30.2 Å². The molecule has 3 atom stereocenters. The summed E-state index contributed by atoms with van der Waals surface area (Å²) in [6.45, 7) is 0.373. The lowest BCUT2D eigenvalue weighted by molar-refractivity contribution is -0.155. The highest BCUT2D eigenvalue weighted by Gasteiger charge is 2.55. The molecule has 3 rings (SSSR count). The zero-order chi connectivity index (χ0) is 20.6. The maximum atomic E-state index is 13.4. The maximum Gasteiger partial charge on any atom is 0.244 e. The SMILES string of the molecule is COCCN1C(=O)C2CCC[C@@H]([C@H]1C(N)=O)N2S(=O)(=O)c1cc(Cl)cc(Cl)c1. The van der Waals surface area contributed by atoms with Crippen molar-refractivity contribution < 1.29 is 22.7 Å². The van der Waals surface area contributed by atoms with Crippen LogP contribution in [0.5, 0.6) is 0 Å². The highest BCUT2D eigenvalue weighted by Crippen LogP contribution is 2.38. The van der Waals surface area contributed by atoms with Crippen LogP contribution < -0.4 is 5.73 Å². The van der Waals surface area contributed by atoms with E-state index < -0.39 is 40.0 Å². The molecule has 28 heavy (non-hydrogen) atoms. The van der Waals surface area contributed by atoms with Gasteiger partial charge in [0.25, 0.3) is 0 Å². The first-order valence-electron chi connectivity index (χ1n) is 8.77. The second-order valence-corrected chi connectivity index (χ2v) is 9.54. The molecule has 2 N–H and O–H groups in total. The van der Waals surface area contributed by atoms with Gasteiger partial charge in [0.05, 0.1) is 17.5 Å². The molecular formula is C17H21Cl2N3O5S. The minimum Gasteiger partial charge on any atom is -0.383 e. The number of piperazine rings is 1. The maximum absolute atomic E-state index is 13.4. The van der Waals surface area contributed by atoms with Gasteiger partial charge in [0, 0.05) is 23.7 Å². The van der Waals surface area contributed by atoms with Gasteiger partial charge in [0.1, 0.15) is 12.1 Å². The summed E-state index contributed by atoms with van der Waals surface area (Å²) >= 11 is 11.9. The van der Waals surface area contributed by atoms with Gasteiger partial charge in [0.15, 0.2) is 0 Å². The molecule has 0 aromatic heterocycles. The number of carbonyl (C=O) groups excluding carboxylic acids is 2. The highest BCUT2D eigenvalue weighted by molar-refractivity contribution is 7.89. The third kappa shape index (κ3) is 3.73. The number of halogens is 2. The summed E-state index contributed by atoms with van der Waals surface area (Å²) in [5, 5.41) is 0.320. The number of methoxy groups -OCH3 is 1. The molecule has 2 aliphatic rings. The molecule has 0 aliphatic carbocycles. The Bertz CT molecular complexity index is 875. The van der Waals surface area contributed by atoms with Crippen molar-refractivity contribution in [1.82, 2.24) is 9.21 Å². The average Bonchev–Trinajstić information content (AvgIpc) is 2.62. The highest BCUT2D eigenvalue weighted by atomic mass is 35.5. The fourth-order valence-corrected chi connectivity index (χ4v) is 6.56. The molecule has 0 spiro atoms. The first-order valence-corrected chi connectivity index (χ1v) is 11.0. The quantitative estimate of drug-likeness (QED) is 0.702. The van der Waals surface area contributed by atoms with Gasteiger partial charge in [0.2, 0.25) is 21.8 Å². The van der Waals surface area contributed by atoms with Gasteiger partial charge in [-0.1, -0.05) is 23.2 Å². The first-order chi connectivity index (χ1) is 13.2. The molecule has 0 radical (unpaired) electrons. The molecule has 2 fully saturated rings. The summed E-state index contributed by atoms with van der Waals surface area (Å²) < 4.78 is 33.0. The Morgan fingerprint density at radius 3 is 2.46 bits per heavy atom. The topological polar surface area (TPSA) is 110 Å². The fraction of sp³-hybridized carbons (Fsp3) is 0.529. The Balaban J connectivity index is 2.08. The Morgan fingerprint density at radius 1 is 1.25 bits per heavy atom. The first kappa shape index (κ1) is 21.3. The van der Waals surface area contributed by atoms with Gasteiger partial charge in [-0.15, -0.1) is 0 Å². The normalized spacial score (nSPS) is 25.8. The van der Waals surface area contributed by atoms with E-state index in [0.29, 0.717) is 19.3 Å². The van der Waals surface area contributed by atoms with Gasteiger partial charge < -0.3 is 15.4 Å². The molecular weight excluding hydrogens is 429 g/mol. The molecule has 2 heterocycles. The van der Waals surface area contributed by atoms with Gasteiger partial charge in [-0.3, -0.25) is 9.59 Å². The van der Waals surface area contributed by atoms with Gasteiger partial charge in [-0.05, 0) is 37.5 Å². The van der Waals surface area contributed by atoms with Crippen LogP contribution in [0.25, 0.3) is 0 Å². The molecule has 1 aromatic rings. The Labute approximate surface area is 173 Å². The number of primary amides is 1. The number of carbonyl (C=O) groups is 2. The van der Waals surface area contributed by atoms with Crippen molar-refractivity contribution in [3.05, 3.63) is 28.2 Å². The third-order valence-electron chi connectivity index (χ3n) is 5.12. The average molecular weight is 450 g/mol. The molecule has 8 nitrogen and oxygen atoms in total. The minimum atomic E-state index is -4.13. The summed E-state index contributed by atoms with van der Waals surface area (Å²) in [6, 6.07) is 1.24. The number of piperidine rings is 1. The van der Waals surface area contributed by atoms with Crippen molar-refractivity contribution >= 4 is 45.0 Å². The van der Waals surface area contributed by atoms with E-state index in [2.05, 4.69) is 0 Å². The molecule has 154 valence electrons. The lowest BCUT2D eigenvalue weighted by atomic mass is 9.87. The predicted molar refractivity (Wildman–Crippen MR) is 103 cm³/mol. The van der Waals surface area contributed by atoms with Crippen molar-refractivity contribution in [2.45, 2.75) is 42.3 Å². The van der Waals surface area contributed by atoms with Crippen molar-refractivity contribution in [3.8, 4) is 0 Å².